The minimum atomic E-state index is 0.827. The lowest BCUT2D eigenvalue weighted by molar-refractivity contribution is 0.416. The molecule has 100 valence electrons. The Hall–Kier alpha value is -2.55. The summed E-state index contributed by atoms with van der Waals surface area (Å²) in [5.41, 5.74) is 3.33. The molecule has 0 fully saturated rings. The Morgan fingerprint density at radius 1 is 1.00 bits per heavy atom. The van der Waals surface area contributed by atoms with Crippen molar-refractivity contribution in [2.45, 2.75) is 6.92 Å². The van der Waals surface area contributed by atoms with Crippen LogP contribution in [0.2, 0.25) is 0 Å². The number of rotatable bonds is 3. The maximum atomic E-state index is 5.44. The van der Waals surface area contributed by atoms with Crippen LogP contribution in [0.4, 0.5) is 0 Å². The molecule has 0 saturated heterocycles. The molecule has 20 heavy (non-hydrogen) atoms. The Kier molecular flexibility index (Phi) is 3.25. The fourth-order valence-corrected chi connectivity index (χ4v) is 2.36. The van der Waals surface area contributed by atoms with Gasteiger partial charge in [0.2, 0.25) is 0 Å². The van der Waals surface area contributed by atoms with E-state index >= 15 is 0 Å². The molecule has 0 unspecified atom stereocenters. The Balaban J connectivity index is 2.19. The number of para-hydroxylation sites is 2. The topological polar surface area (TPSA) is 27.1 Å². The first kappa shape index (κ1) is 12.5. The van der Waals surface area contributed by atoms with Crippen molar-refractivity contribution in [3.8, 4) is 22.8 Å². The van der Waals surface area contributed by atoms with Crippen molar-refractivity contribution in [1.29, 1.82) is 0 Å². The summed E-state index contributed by atoms with van der Waals surface area (Å²) in [5.74, 6) is 1.71. The van der Waals surface area contributed by atoms with Gasteiger partial charge in [-0.05, 0) is 30.7 Å². The molecule has 3 heteroatoms. The second kappa shape index (κ2) is 5.21. The van der Waals surface area contributed by atoms with Gasteiger partial charge in [0.25, 0.3) is 0 Å². The van der Waals surface area contributed by atoms with E-state index in [0.717, 1.165) is 22.8 Å². The molecule has 3 rings (SSSR count). The van der Waals surface area contributed by atoms with Crippen molar-refractivity contribution < 1.29 is 4.74 Å². The molecular formula is C17H16N2O. The summed E-state index contributed by atoms with van der Waals surface area (Å²) in [7, 11) is 1.68. The second-order valence-electron chi connectivity index (χ2n) is 4.61. The minimum absolute atomic E-state index is 0.827. The van der Waals surface area contributed by atoms with E-state index in [0.29, 0.717) is 0 Å². The zero-order valence-corrected chi connectivity index (χ0v) is 11.6. The molecule has 0 N–H and O–H groups in total. The Morgan fingerprint density at radius 3 is 2.55 bits per heavy atom. The number of aromatic nitrogens is 2. The molecule has 1 aromatic heterocycles. The van der Waals surface area contributed by atoms with Gasteiger partial charge in [0, 0.05) is 18.1 Å². The average Bonchev–Trinajstić information content (AvgIpc) is 2.96. The van der Waals surface area contributed by atoms with Crippen LogP contribution >= 0.6 is 0 Å². The van der Waals surface area contributed by atoms with E-state index in [4.69, 9.17) is 4.74 Å². The summed E-state index contributed by atoms with van der Waals surface area (Å²) in [6.07, 6.45) is 3.79. The highest BCUT2D eigenvalue weighted by Crippen LogP contribution is 2.30. The Morgan fingerprint density at radius 2 is 1.75 bits per heavy atom. The molecular weight excluding hydrogens is 248 g/mol. The Labute approximate surface area is 118 Å². The van der Waals surface area contributed by atoms with Gasteiger partial charge in [-0.15, -0.1) is 0 Å². The van der Waals surface area contributed by atoms with Crippen LogP contribution in [0.5, 0.6) is 5.75 Å². The number of hydrogen-bond acceptors (Lipinski definition) is 2. The zero-order valence-electron chi connectivity index (χ0n) is 11.6. The monoisotopic (exact) mass is 264 g/mol. The molecule has 0 saturated carbocycles. The number of hydrogen-bond donors (Lipinski definition) is 0. The molecule has 0 bridgehead atoms. The van der Waals surface area contributed by atoms with Crippen LogP contribution in [0.15, 0.2) is 60.9 Å². The van der Waals surface area contributed by atoms with Crippen LogP contribution in [0, 0.1) is 6.92 Å². The van der Waals surface area contributed by atoms with Crippen molar-refractivity contribution in [2.24, 2.45) is 0 Å². The number of aryl methyl sites for hydroxylation is 1. The molecule has 3 nitrogen and oxygen atoms in total. The van der Waals surface area contributed by atoms with Crippen LogP contribution < -0.4 is 4.74 Å². The van der Waals surface area contributed by atoms with Gasteiger partial charge in [-0.3, -0.25) is 4.57 Å². The van der Waals surface area contributed by atoms with Gasteiger partial charge in [-0.1, -0.05) is 30.3 Å². The van der Waals surface area contributed by atoms with Gasteiger partial charge in [0.1, 0.15) is 11.6 Å². The second-order valence-corrected chi connectivity index (χ2v) is 4.61. The van der Waals surface area contributed by atoms with E-state index in [1.165, 1.54) is 5.56 Å². The lowest BCUT2D eigenvalue weighted by Crippen LogP contribution is -1.99. The highest BCUT2D eigenvalue weighted by Gasteiger charge is 2.12. The molecule has 1 heterocycles. The predicted octanol–water partition coefficient (Wildman–Crippen LogP) is 3.86. The van der Waals surface area contributed by atoms with Gasteiger partial charge < -0.3 is 4.74 Å². The molecule has 0 radical (unpaired) electrons. The first-order chi connectivity index (χ1) is 9.81. The number of nitrogens with zero attached hydrogens (tertiary/aromatic N) is 2. The maximum absolute atomic E-state index is 5.44. The van der Waals surface area contributed by atoms with Crippen LogP contribution in [0.25, 0.3) is 17.1 Å². The van der Waals surface area contributed by atoms with Crippen molar-refractivity contribution >= 4 is 0 Å². The molecule has 0 atom stereocenters. The van der Waals surface area contributed by atoms with Crippen molar-refractivity contribution in [2.75, 3.05) is 7.11 Å². The zero-order chi connectivity index (χ0) is 13.9. The average molecular weight is 264 g/mol. The number of benzene rings is 2. The Bertz CT molecular complexity index is 731. The van der Waals surface area contributed by atoms with Gasteiger partial charge >= 0.3 is 0 Å². The van der Waals surface area contributed by atoms with E-state index in [1.54, 1.807) is 7.11 Å². The van der Waals surface area contributed by atoms with Gasteiger partial charge in [-0.2, -0.15) is 0 Å². The third-order valence-corrected chi connectivity index (χ3v) is 3.36. The predicted molar refractivity (Wildman–Crippen MR) is 80.3 cm³/mol. The van der Waals surface area contributed by atoms with E-state index in [1.807, 2.05) is 48.8 Å². The van der Waals surface area contributed by atoms with Gasteiger partial charge in [0.05, 0.1) is 12.7 Å². The minimum Gasteiger partial charge on any atom is -0.496 e. The molecule has 0 aliphatic carbocycles. The highest BCUT2D eigenvalue weighted by atomic mass is 16.5. The van der Waals surface area contributed by atoms with E-state index in [-0.39, 0.29) is 0 Å². The van der Waals surface area contributed by atoms with Crippen LogP contribution in [-0.2, 0) is 0 Å². The highest BCUT2D eigenvalue weighted by molar-refractivity contribution is 5.66. The summed E-state index contributed by atoms with van der Waals surface area (Å²) in [6.45, 7) is 2.10. The third kappa shape index (κ3) is 2.07. The van der Waals surface area contributed by atoms with Crippen LogP contribution in [-0.4, -0.2) is 16.7 Å². The molecule has 0 amide bonds. The number of methoxy groups -OCH3 is 1. The van der Waals surface area contributed by atoms with E-state index in [2.05, 4.69) is 28.6 Å². The summed E-state index contributed by atoms with van der Waals surface area (Å²) in [6, 6.07) is 16.2. The van der Waals surface area contributed by atoms with Crippen molar-refractivity contribution in [3.05, 3.63) is 66.5 Å². The third-order valence-electron chi connectivity index (χ3n) is 3.36. The normalized spacial score (nSPS) is 10.5. The van der Waals surface area contributed by atoms with Crippen molar-refractivity contribution in [1.82, 2.24) is 9.55 Å². The SMILES string of the molecule is COc1ccccc1-c1nccn1-c1ccccc1C. The van der Waals surface area contributed by atoms with Gasteiger partial charge in [-0.25, -0.2) is 4.98 Å². The summed E-state index contributed by atoms with van der Waals surface area (Å²) >= 11 is 0. The van der Waals surface area contributed by atoms with E-state index < -0.39 is 0 Å². The fourth-order valence-electron chi connectivity index (χ4n) is 2.36. The van der Waals surface area contributed by atoms with Crippen molar-refractivity contribution in [3.63, 3.8) is 0 Å². The quantitative estimate of drug-likeness (QED) is 0.718. The molecule has 0 aliphatic rings. The smallest absolute Gasteiger partial charge is 0.148 e. The molecule has 0 aliphatic heterocycles. The summed E-state index contributed by atoms with van der Waals surface area (Å²) < 4.78 is 7.53. The number of ether oxygens (including phenoxy) is 1. The van der Waals surface area contributed by atoms with E-state index in [9.17, 15) is 0 Å². The first-order valence-corrected chi connectivity index (χ1v) is 6.54. The summed E-state index contributed by atoms with van der Waals surface area (Å²) in [4.78, 5) is 4.50. The standard InChI is InChI=1S/C17H16N2O/c1-13-7-3-5-9-15(13)19-12-11-18-17(19)14-8-4-6-10-16(14)20-2/h3-12H,1-2H3. The largest absolute Gasteiger partial charge is 0.496 e. The maximum Gasteiger partial charge on any atom is 0.148 e. The first-order valence-electron chi connectivity index (χ1n) is 6.54. The molecule has 3 aromatic rings. The lowest BCUT2D eigenvalue weighted by Gasteiger charge is -2.12. The fraction of sp³-hybridized carbons (Fsp3) is 0.118. The van der Waals surface area contributed by atoms with Crippen LogP contribution in [0.1, 0.15) is 5.56 Å². The molecule has 0 spiro atoms. The molecule has 2 aromatic carbocycles. The summed E-state index contributed by atoms with van der Waals surface area (Å²) in [5, 5.41) is 0. The number of imidazole rings is 1. The van der Waals surface area contributed by atoms with Gasteiger partial charge in [0.15, 0.2) is 0 Å². The lowest BCUT2D eigenvalue weighted by atomic mass is 10.1. The van der Waals surface area contributed by atoms with Crippen LogP contribution in [0.3, 0.4) is 0 Å².